The molecule has 2 heterocycles. The van der Waals surface area contributed by atoms with Gasteiger partial charge in [0.25, 0.3) is 5.91 Å². The van der Waals surface area contributed by atoms with Crippen molar-refractivity contribution >= 4 is 46.0 Å². The lowest BCUT2D eigenvalue weighted by atomic mass is 10.0. The summed E-state index contributed by atoms with van der Waals surface area (Å²) in [5, 5.41) is 3.01. The summed E-state index contributed by atoms with van der Waals surface area (Å²) in [5.41, 5.74) is 3.45. The molecule has 2 atom stereocenters. The third kappa shape index (κ3) is 4.42. The summed E-state index contributed by atoms with van der Waals surface area (Å²) in [5.74, 6) is 0.772. The number of thioether (sulfide) groups is 1. The van der Waals surface area contributed by atoms with Gasteiger partial charge in [0, 0.05) is 11.3 Å². The van der Waals surface area contributed by atoms with Crippen molar-refractivity contribution < 1.29 is 9.59 Å². The summed E-state index contributed by atoms with van der Waals surface area (Å²) in [6.45, 7) is 7.97. The van der Waals surface area contributed by atoms with E-state index in [4.69, 9.17) is 9.98 Å². The SMILES string of the molecule is Cc1cccc(NC(=O)[C@@H](C)SC2=Nc3ccccc3C3=N[C@@H](CC(C)C)C(=O)N23)c1. The van der Waals surface area contributed by atoms with Crippen molar-refractivity contribution in [2.24, 2.45) is 15.9 Å². The van der Waals surface area contributed by atoms with Gasteiger partial charge in [0.05, 0.1) is 10.9 Å². The van der Waals surface area contributed by atoms with Crippen LogP contribution in [-0.4, -0.2) is 39.0 Å². The Morgan fingerprint density at radius 3 is 2.68 bits per heavy atom. The molecule has 2 aromatic rings. The number of carbonyl (C=O) groups is 2. The molecule has 0 radical (unpaired) electrons. The number of amides is 2. The number of aliphatic imine (C=N–C) groups is 2. The Morgan fingerprint density at radius 1 is 1.16 bits per heavy atom. The molecule has 0 aromatic heterocycles. The highest BCUT2D eigenvalue weighted by Gasteiger charge is 2.42. The standard InChI is InChI=1S/C24H26N4O2S/c1-14(2)12-20-23(30)28-21(26-20)18-10-5-6-11-19(18)27-24(28)31-16(4)22(29)25-17-9-7-8-15(3)13-17/h5-11,13-14,16,20H,12H2,1-4H3,(H,25,29)/t16-,20+/m1/s1. The lowest BCUT2D eigenvalue weighted by Crippen LogP contribution is -2.42. The topological polar surface area (TPSA) is 74.1 Å². The third-order valence-corrected chi connectivity index (χ3v) is 6.23. The zero-order chi connectivity index (χ0) is 22.1. The summed E-state index contributed by atoms with van der Waals surface area (Å²) >= 11 is 1.28. The average Bonchev–Trinajstić information content (AvgIpc) is 3.04. The number of para-hydroxylation sites is 1. The smallest absolute Gasteiger partial charge is 0.259 e. The molecule has 2 aliphatic rings. The first-order valence-corrected chi connectivity index (χ1v) is 11.4. The Balaban J connectivity index is 1.59. The molecule has 0 unspecified atom stereocenters. The van der Waals surface area contributed by atoms with Crippen LogP contribution in [0.25, 0.3) is 0 Å². The molecule has 2 amide bonds. The van der Waals surface area contributed by atoms with Crippen molar-refractivity contribution in [1.29, 1.82) is 0 Å². The van der Waals surface area contributed by atoms with Crippen LogP contribution in [0.5, 0.6) is 0 Å². The fourth-order valence-electron chi connectivity index (χ4n) is 3.66. The number of nitrogens with one attached hydrogen (secondary N) is 1. The molecule has 0 saturated carbocycles. The van der Waals surface area contributed by atoms with E-state index in [0.29, 0.717) is 23.3 Å². The molecule has 31 heavy (non-hydrogen) atoms. The second-order valence-electron chi connectivity index (χ2n) is 8.30. The van der Waals surface area contributed by atoms with E-state index in [2.05, 4.69) is 19.2 Å². The Bertz CT molecular complexity index is 1090. The first-order chi connectivity index (χ1) is 14.8. The number of nitrogens with zero attached hydrogens (tertiary/aromatic N) is 3. The third-order valence-electron chi connectivity index (χ3n) is 5.18. The van der Waals surface area contributed by atoms with Crippen LogP contribution in [0.3, 0.4) is 0 Å². The number of anilines is 1. The zero-order valence-electron chi connectivity index (χ0n) is 18.1. The number of rotatable bonds is 5. The van der Waals surface area contributed by atoms with Crippen LogP contribution in [0.15, 0.2) is 58.5 Å². The lowest BCUT2D eigenvalue weighted by Gasteiger charge is -2.27. The Kier molecular flexibility index (Phi) is 5.96. The normalized spacial score (nSPS) is 18.3. The highest BCUT2D eigenvalue weighted by atomic mass is 32.2. The number of aryl methyl sites for hydroxylation is 1. The molecule has 0 bridgehead atoms. The molecular formula is C24H26N4O2S. The molecule has 6 nitrogen and oxygen atoms in total. The lowest BCUT2D eigenvalue weighted by molar-refractivity contribution is -0.125. The van der Waals surface area contributed by atoms with Gasteiger partial charge in [-0.2, -0.15) is 0 Å². The van der Waals surface area contributed by atoms with Gasteiger partial charge < -0.3 is 5.32 Å². The van der Waals surface area contributed by atoms with Gasteiger partial charge in [-0.05, 0) is 56.0 Å². The number of benzene rings is 2. The maximum absolute atomic E-state index is 13.2. The average molecular weight is 435 g/mol. The van der Waals surface area contributed by atoms with E-state index >= 15 is 0 Å². The number of hydrogen-bond acceptors (Lipinski definition) is 5. The summed E-state index contributed by atoms with van der Waals surface area (Å²) in [7, 11) is 0. The van der Waals surface area contributed by atoms with E-state index in [-0.39, 0.29) is 11.8 Å². The predicted octanol–water partition coefficient (Wildman–Crippen LogP) is 4.76. The number of fused-ring (bicyclic) bond motifs is 3. The molecule has 0 spiro atoms. The maximum Gasteiger partial charge on any atom is 0.259 e. The predicted molar refractivity (Wildman–Crippen MR) is 127 cm³/mol. The minimum Gasteiger partial charge on any atom is -0.325 e. The monoisotopic (exact) mass is 434 g/mol. The van der Waals surface area contributed by atoms with E-state index < -0.39 is 11.3 Å². The maximum atomic E-state index is 13.2. The number of hydrogen-bond donors (Lipinski definition) is 1. The van der Waals surface area contributed by atoms with Crippen molar-refractivity contribution in [3.8, 4) is 0 Å². The first-order valence-electron chi connectivity index (χ1n) is 10.5. The molecule has 160 valence electrons. The first kappa shape index (κ1) is 21.3. The van der Waals surface area contributed by atoms with Crippen LogP contribution in [0.4, 0.5) is 11.4 Å². The molecule has 4 rings (SSSR count). The quantitative estimate of drug-likeness (QED) is 0.737. The number of carbonyl (C=O) groups excluding carboxylic acids is 2. The fourth-order valence-corrected chi connectivity index (χ4v) is 4.57. The Labute approximate surface area is 186 Å². The van der Waals surface area contributed by atoms with Crippen LogP contribution in [-0.2, 0) is 9.59 Å². The van der Waals surface area contributed by atoms with Gasteiger partial charge in [-0.15, -0.1) is 0 Å². The van der Waals surface area contributed by atoms with Crippen LogP contribution >= 0.6 is 11.8 Å². The molecule has 7 heteroatoms. The second-order valence-corrected chi connectivity index (χ2v) is 9.61. The number of amidine groups is 2. The molecule has 2 aliphatic heterocycles. The van der Waals surface area contributed by atoms with Crippen LogP contribution in [0, 0.1) is 12.8 Å². The van der Waals surface area contributed by atoms with Crippen LogP contribution in [0.1, 0.15) is 38.3 Å². The van der Waals surface area contributed by atoms with Gasteiger partial charge >= 0.3 is 0 Å². The van der Waals surface area contributed by atoms with E-state index in [1.54, 1.807) is 4.90 Å². The van der Waals surface area contributed by atoms with Gasteiger partial charge in [0.15, 0.2) is 5.17 Å². The second kappa shape index (κ2) is 8.67. The minimum absolute atomic E-state index is 0.0734. The molecule has 0 saturated heterocycles. The fraction of sp³-hybridized carbons (Fsp3) is 0.333. The van der Waals surface area contributed by atoms with Gasteiger partial charge in [-0.1, -0.05) is 49.9 Å². The van der Waals surface area contributed by atoms with E-state index in [0.717, 1.165) is 22.5 Å². The van der Waals surface area contributed by atoms with Gasteiger partial charge in [-0.25, -0.2) is 9.89 Å². The molecule has 1 N–H and O–H groups in total. The van der Waals surface area contributed by atoms with Crippen LogP contribution < -0.4 is 5.32 Å². The molecule has 0 fully saturated rings. The summed E-state index contributed by atoms with van der Waals surface area (Å²) in [4.78, 5) is 37.1. The Hall–Kier alpha value is -2.93. The van der Waals surface area contributed by atoms with Gasteiger partial charge in [-0.3, -0.25) is 14.6 Å². The highest BCUT2D eigenvalue weighted by Crippen LogP contribution is 2.35. The molecule has 0 aliphatic carbocycles. The van der Waals surface area contributed by atoms with Gasteiger partial charge in [0.1, 0.15) is 11.9 Å². The Morgan fingerprint density at radius 2 is 1.94 bits per heavy atom. The molecule has 2 aromatic carbocycles. The van der Waals surface area contributed by atoms with Crippen LogP contribution in [0.2, 0.25) is 0 Å². The van der Waals surface area contributed by atoms with Crippen molar-refractivity contribution in [1.82, 2.24) is 4.90 Å². The summed E-state index contributed by atoms with van der Waals surface area (Å²) in [6, 6.07) is 14.9. The zero-order valence-corrected chi connectivity index (χ0v) is 18.9. The van der Waals surface area contributed by atoms with Crippen molar-refractivity contribution in [3.05, 3.63) is 59.7 Å². The van der Waals surface area contributed by atoms with Crippen molar-refractivity contribution in [2.45, 2.75) is 45.4 Å². The van der Waals surface area contributed by atoms with Gasteiger partial charge in [0.2, 0.25) is 5.91 Å². The van der Waals surface area contributed by atoms with E-state index in [1.165, 1.54) is 11.8 Å². The van der Waals surface area contributed by atoms with Crippen molar-refractivity contribution in [3.63, 3.8) is 0 Å². The summed E-state index contributed by atoms with van der Waals surface area (Å²) in [6.07, 6.45) is 0.683. The molecular weight excluding hydrogens is 408 g/mol. The van der Waals surface area contributed by atoms with Crippen molar-refractivity contribution in [2.75, 3.05) is 5.32 Å². The highest BCUT2D eigenvalue weighted by molar-refractivity contribution is 8.15. The van der Waals surface area contributed by atoms with E-state index in [9.17, 15) is 9.59 Å². The van der Waals surface area contributed by atoms with E-state index in [1.807, 2.05) is 62.4 Å². The largest absolute Gasteiger partial charge is 0.325 e. The minimum atomic E-state index is -0.442. The summed E-state index contributed by atoms with van der Waals surface area (Å²) < 4.78 is 0.